The molecule has 7 nitrogen and oxygen atoms in total. The molecule has 2 aromatic carbocycles. The largest absolute Gasteiger partial charge is 0.359 e. The predicted octanol–water partition coefficient (Wildman–Crippen LogP) is 5.63. The number of rotatable bonds is 4. The molecule has 0 radical (unpaired) electrons. The third-order valence-corrected chi connectivity index (χ3v) is 4.53. The summed E-state index contributed by atoms with van der Waals surface area (Å²) in [6.45, 7) is 5.98. The summed E-state index contributed by atoms with van der Waals surface area (Å²) in [5.41, 5.74) is 1.55. The number of halogens is 1. The Hall–Kier alpha value is -3.13. The van der Waals surface area contributed by atoms with Gasteiger partial charge in [0.25, 0.3) is 5.91 Å². The topological polar surface area (TPSA) is 96.3 Å². The van der Waals surface area contributed by atoms with Crippen LogP contribution in [0.3, 0.4) is 0 Å². The van der Waals surface area contributed by atoms with Crippen LogP contribution in [0.2, 0.25) is 0 Å². The molecule has 3 aromatic rings. The number of hydrogen-bond donors (Lipinski definition) is 3. The lowest BCUT2D eigenvalue weighted by molar-refractivity contribution is 0.102. The summed E-state index contributed by atoms with van der Waals surface area (Å²) in [7, 11) is 0. The van der Waals surface area contributed by atoms with Gasteiger partial charge in [-0.3, -0.25) is 10.1 Å². The fourth-order valence-electron chi connectivity index (χ4n) is 2.41. The summed E-state index contributed by atoms with van der Waals surface area (Å²) < 4.78 is 6.15. The molecule has 3 N–H and O–H groups in total. The van der Waals surface area contributed by atoms with Crippen molar-refractivity contribution in [3.63, 3.8) is 0 Å². The van der Waals surface area contributed by atoms with Crippen molar-refractivity contribution in [3.05, 3.63) is 70.4 Å². The van der Waals surface area contributed by atoms with Crippen molar-refractivity contribution >= 4 is 45.1 Å². The highest BCUT2D eigenvalue weighted by Crippen LogP contribution is 2.24. The van der Waals surface area contributed by atoms with Crippen molar-refractivity contribution in [3.8, 4) is 0 Å². The molecule has 0 saturated carbocycles. The lowest BCUT2D eigenvalue weighted by Crippen LogP contribution is -2.19. The van der Waals surface area contributed by atoms with Gasteiger partial charge in [0.2, 0.25) is 0 Å². The third kappa shape index (κ3) is 5.68. The van der Waals surface area contributed by atoms with Crippen molar-refractivity contribution in [1.82, 2.24) is 5.16 Å². The number of carbonyl (C=O) groups excluding carboxylic acids is 2. The van der Waals surface area contributed by atoms with Gasteiger partial charge in [-0.25, -0.2) is 4.79 Å². The van der Waals surface area contributed by atoms with E-state index in [0.717, 1.165) is 4.47 Å². The van der Waals surface area contributed by atoms with Gasteiger partial charge in [-0.05, 0) is 48.5 Å². The number of urea groups is 1. The van der Waals surface area contributed by atoms with Gasteiger partial charge in [-0.1, -0.05) is 41.9 Å². The summed E-state index contributed by atoms with van der Waals surface area (Å²) >= 11 is 3.34. The summed E-state index contributed by atoms with van der Waals surface area (Å²) in [5.74, 6) is 0.807. The predicted molar refractivity (Wildman–Crippen MR) is 116 cm³/mol. The number of hydrogen-bond acceptors (Lipinski definition) is 4. The number of nitrogens with zero attached hydrogens (tertiary/aromatic N) is 1. The molecule has 0 saturated heterocycles. The first-order valence-electron chi connectivity index (χ1n) is 8.93. The molecule has 0 unspecified atom stereocenters. The zero-order chi connectivity index (χ0) is 21.0. The lowest BCUT2D eigenvalue weighted by atomic mass is 9.93. The highest BCUT2D eigenvalue weighted by Gasteiger charge is 2.20. The van der Waals surface area contributed by atoms with Crippen LogP contribution in [-0.4, -0.2) is 17.1 Å². The molecule has 1 heterocycles. The van der Waals surface area contributed by atoms with E-state index in [2.05, 4.69) is 37.0 Å². The summed E-state index contributed by atoms with van der Waals surface area (Å²) in [6.07, 6.45) is 0. The minimum absolute atomic E-state index is 0.195. The molecule has 150 valence electrons. The first-order chi connectivity index (χ1) is 13.7. The average Bonchev–Trinajstić information content (AvgIpc) is 3.12. The van der Waals surface area contributed by atoms with Gasteiger partial charge in [-0.2, -0.15) is 0 Å². The fraction of sp³-hybridized carbons (Fsp3) is 0.190. The van der Waals surface area contributed by atoms with Gasteiger partial charge in [0.15, 0.2) is 5.82 Å². The van der Waals surface area contributed by atoms with E-state index in [1.54, 1.807) is 54.6 Å². The van der Waals surface area contributed by atoms with Crippen LogP contribution in [0.1, 0.15) is 36.9 Å². The lowest BCUT2D eigenvalue weighted by Gasteiger charge is -2.12. The van der Waals surface area contributed by atoms with Gasteiger partial charge in [0.05, 0.1) is 0 Å². The van der Waals surface area contributed by atoms with Crippen LogP contribution in [0.25, 0.3) is 0 Å². The molecule has 0 bridgehead atoms. The zero-order valence-electron chi connectivity index (χ0n) is 16.2. The van der Waals surface area contributed by atoms with Crippen LogP contribution < -0.4 is 16.0 Å². The van der Waals surface area contributed by atoms with Crippen molar-refractivity contribution < 1.29 is 14.1 Å². The van der Waals surface area contributed by atoms with E-state index in [0.29, 0.717) is 28.5 Å². The fourth-order valence-corrected chi connectivity index (χ4v) is 2.67. The third-order valence-electron chi connectivity index (χ3n) is 4.00. The molecule has 0 aliphatic heterocycles. The van der Waals surface area contributed by atoms with E-state index in [1.807, 2.05) is 20.8 Å². The molecular weight excluding hydrogens is 436 g/mol. The van der Waals surface area contributed by atoms with Gasteiger partial charge in [-0.15, -0.1) is 0 Å². The Morgan fingerprint density at radius 1 is 0.897 bits per heavy atom. The van der Waals surface area contributed by atoms with Crippen LogP contribution in [0.4, 0.5) is 22.0 Å². The zero-order valence-corrected chi connectivity index (χ0v) is 17.8. The Bertz CT molecular complexity index is 1010. The first-order valence-corrected chi connectivity index (χ1v) is 9.72. The van der Waals surface area contributed by atoms with Gasteiger partial charge in [0.1, 0.15) is 5.76 Å². The maximum Gasteiger partial charge on any atom is 0.324 e. The highest BCUT2D eigenvalue weighted by atomic mass is 79.9. The van der Waals surface area contributed by atoms with Crippen molar-refractivity contribution in [2.45, 2.75) is 26.2 Å². The monoisotopic (exact) mass is 456 g/mol. The van der Waals surface area contributed by atoms with Gasteiger partial charge < -0.3 is 15.2 Å². The van der Waals surface area contributed by atoms with E-state index >= 15 is 0 Å². The van der Waals surface area contributed by atoms with Crippen LogP contribution in [0.5, 0.6) is 0 Å². The van der Waals surface area contributed by atoms with E-state index in [-0.39, 0.29) is 11.3 Å². The Balaban J connectivity index is 1.56. The molecule has 0 aliphatic rings. The maximum absolute atomic E-state index is 12.2. The quantitative estimate of drug-likeness (QED) is 0.473. The molecule has 0 spiro atoms. The minimum Gasteiger partial charge on any atom is -0.359 e. The molecule has 29 heavy (non-hydrogen) atoms. The summed E-state index contributed by atoms with van der Waals surface area (Å²) in [5, 5.41) is 12.0. The standard InChI is InChI=1S/C21H21BrN4O3/c1-21(2,3)17-12-18(26-29-17)25-20(28)24-16-10-8-15(9-11-16)23-19(27)13-4-6-14(22)7-5-13/h4-12H,1-3H3,(H,23,27)(H2,24,25,26,28). The van der Waals surface area contributed by atoms with Crippen LogP contribution in [-0.2, 0) is 5.41 Å². The second-order valence-electron chi connectivity index (χ2n) is 7.44. The van der Waals surface area contributed by atoms with Crippen molar-refractivity contribution in [1.29, 1.82) is 0 Å². The van der Waals surface area contributed by atoms with Crippen LogP contribution >= 0.6 is 15.9 Å². The molecule has 0 aliphatic carbocycles. The highest BCUT2D eigenvalue weighted by molar-refractivity contribution is 9.10. The first kappa shape index (κ1) is 20.6. The molecular formula is C21H21BrN4O3. The molecule has 0 fully saturated rings. The summed E-state index contributed by atoms with van der Waals surface area (Å²) in [6, 6.07) is 15.1. The Kier molecular flexibility index (Phi) is 6.03. The smallest absolute Gasteiger partial charge is 0.324 e. The summed E-state index contributed by atoms with van der Waals surface area (Å²) in [4.78, 5) is 24.4. The van der Waals surface area contributed by atoms with Gasteiger partial charge >= 0.3 is 6.03 Å². The molecule has 3 amide bonds. The number of anilines is 3. The SMILES string of the molecule is CC(C)(C)c1cc(NC(=O)Nc2ccc(NC(=O)c3ccc(Br)cc3)cc2)no1. The van der Waals surface area contributed by atoms with E-state index in [1.165, 1.54) is 0 Å². The van der Waals surface area contributed by atoms with Gasteiger partial charge in [0, 0.05) is 32.9 Å². The maximum atomic E-state index is 12.2. The second-order valence-corrected chi connectivity index (χ2v) is 8.36. The number of benzene rings is 2. The molecule has 0 atom stereocenters. The van der Waals surface area contributed by atoms with Crippen LogP contribution in [0.15, 0.2) is 63.6 Å². The average molecular weight is 457 g/mol. The number of aromatic nitrogens is 1. The van der Waals surface area contributed by atoms with Crippen molar-refractivity contribution in [2.24, 2.45) is 0 Å². The molecule has 8 heteroatoms. The van der Waals surface area contributed by atoms with Crippen LogP contribution in [0, 0.1) is 0 Å². The number of nitrogens with one attached hydrogen (secondary N) is 3. The molecule has 3 rings (SSSR count). The van der Waals surface area contributed by atoms with E-state index in [4.69, 9.17) is 4.52 Å². The number of carbonyl (C=O) groups is 2. The Morgan fingerprint density at radius 3 is 2.03 bits per heavy atom. The Morgan fingerprint density at radius 2 is 1.48 bits per heavy atom. The van der Waals surface area contributed by atoms with E-state index < -0.39 is 6.03 Å². The minimum atomic E-state index is -0.439. The normalized spacial score (nSPS) is 11.0. The molecule has 1 aromatic heterocycles. The number of amides is 3. The Labute approximate surface area is 177 Å². The van der Waals surface area contributed by atoms with E-state index in [9.17, 15) is 9.59 Å². The van der Waals surface area contributed by atoms with Crippen molar-refractivity contribution in [2.75, 3.05) is 16.0 Å². The second kappa shape index (κ2) is 8.48.